The second kappa shape index (κ2) is 8.11. The summed E-state index contributed by atoms with van der Waals surface area (Å²) in [6.07, 6.45) is 0.187. The van der Waals surface area contributed by atoms with Crippen molar-refractivity contribution in [1.82, 2.24) is 14.9 Å². The average Bonchev–Trinajstić information content (AvgIpc) is 2.51. The van der Waals surface area contributed by atoms with Crippen LogP contribution < -0.4 is 10.6 Å². The van der Waals surface area contributed by atoms with Gasteiger partial charge in [0.15, 0.2) is 5.82 Å². The predicted octanol–water partition coefficient (Wildman–Crippen LogP) is 0.797. The second-order valence-electron chi connectivity index (χ2n) is 5.08. The number of ether oxygens (including phenoxy) is 2. The molecule has 1 aliphatic heterocycles. The maximum Gasteiger partial charge on any atom is 0.158 e. The maximum atomic E-state index is 5.73. The van der Waals surface area contributed by atoms with Crippen molar-refractivity contribution in [2.45, 2.75) is 19.6 Å². The van der Waals surface area contributed by atoms with Gasteiger partial charge in [0.05, 0.1) is 12.7 Å². The number of morpholine rings is 1. The monoisotopic (exact) mass is 295 g/mol. The summed E-state index contributed by atoms with van der Waals surface area (Å²) in [4.78, 5) is 11.1. The molecule has 0 amide bonds. The molecule has 1 aromatic rings. The molecule has 1 fully saturated rings. The van der Waals surface area contributed by atoms with Gasteiger partial charge in [0.2, 0.25) is 0 Å². The van der Waals surface area contributed by atoms with Crippen molar-refractivity contribution < 1.29 is 9.47 Å². The van der Waals surface area contributed by atoms with E-state index in [2.05, 4.69) is 32.5 Å². The molecule has 2 rings (SSSR count). The van der Waals surface area contributed by atoms with Gasteiger partial charge >= 0.3 is 0 Å². The molecule has 2 heterocycles. The van der Waals surface area contributed by atoms with Gasteiger partial charge in [-0.05, 0) is 14.0 Å². The fourth-order valence-corrected chi connectivity index (χ4v) is 2.18. The van der Waals surface area contributed by atoms with Gasteiger partial charge in [-0.15, -0.1) is 0 Å². The van der Waals surface area contributed by atoms with Crippen molar-refractivity contribution in [3.8, 4) is 0 Å². The largest absolute Gasteiger partial charge is 0.374 e. The van der Waals surface area contributed by atoms with E-state index in [0.29, 0.717) is 19.0 Å². The number of aromatic nitrogens is 2. The minimum absolute atomic E-state index is 0.187. The van der Waals surface area contributed by atoms with Crippen LogP contribution in [0.3, 0.4) is 0 Å². The van der Waals surface area contributed by atoms with Crippen LogP contribution in [-0.4, -0.2) is 67.9 Å². The highest BCUT2D eigenvalue weighted by molar-refractivity contribution is 5.47. The van der Waals surface area contributed by atoms with Gasteiger partial charge in [-0.3, -0.25) is 0 Å². The molecule has 118 valence electrons. The van der Waals surface area contributed by atoms with Crippen molar-refractivity contribution in [1.29, 1.82) is 0 Å². The Morgan fingerprint density at radius 2 is 2.24 bits per heavy atom. The molecule has 0 aromatic carbocycles. The minimum atomic E-state index is 0.187. The molecule has 0 radical (unpaired) electrons. The van der Waals surface area contributed by atoms with Crippen LogP contribution in [0.4, 0.5) is 11.6 Å². The number of nitrogens with zero attached hydrogens (tertiary/aromatic N) is 3. The van der Waals surface area contributed by atoms with E-state index in [1.807, 2.05) is 20.0 Å². The van der Waals surface area contributed by atoms with Crippen LogP contribution in [0.25, 0.3) is 0 Å². The Kier molecular flexibility index (Phi) is 6.16. The van der Waals surface area contributed by atoms with Gasteiger partial charge in [-0.1, -0.05) is 0 Å². The topological polar surface area (TPSA) is 71.5 Å². The van der Waals surface area contributed by atoms with Crippen LogP contribution in [0.15, 0.2) is 6.07 Å². The maximum absolute atomic E-state index is 5.73. The molecule has 1 unspecified atom stereocenters. The molecular weight excluding hydrogens is 270 g/mol. The third kappa shape index (κ3) is 5.11. The number of likely N-dealkylation sites (N-methyl/N-ethyl adjacent to an activating group) is 1. The Bertz CT molecular complexity index is 443. The van der Waals surface area contributed by atoms with Gasteiger partial charge in [0, 0.05) is 39.4 Å². The summed E-state index contributed by atoms with van der Waals surface area (Å²) < 4.78 is 11.1. The smallest absolute Gasteiger partial charge is 0.158 e. The number of nitrogens with one attached hydrogen (secondary N) is 2. The summed E-state index contributed by atoms with van der Waals surface area (Å²) in [7, 11) is 3.95. The van der Waals surface area contributed by atoms with E-state index >= 15 is 0 Å². The number of rotatable bonds is 7. The molecule has 0 aliphatic carbocycles. The Morgan fingerprint density at radius 1 is 1.43 bits per heavy atom. The normalized spacial score (nSPS) is 19.5. The van der Waals surface area contributed by atoms with E-state index < -0.39 is 0 Å². The summed E-state index contributed by atoms with van der Waals surface area (Å²) in [6.45, 7) is 6.47. The standard InChI is InChI=1S/C14H25N5O2/c1-4-20-10-14-17-12(15-2)7-13(18-14)16-8-11-9-19(3)5-6-21-11/h7,11H,4-6,8-10H2,1-3H3,(H2,15,16,17,18). The SMILES string of the molecule is CCOCc1nc(NC)cc(NCC2CN(C)CCO2)n1. The zero-order valence-corrected chi connectivity index (χ0v) is 13.1. The summed E-state index contributed by atoms with van der Waals surface area (Å²) in [5, 5.41) is 6.37. The van der Waals surface area contributed by atoms with Crippen LogP contribution in [-0.2, 0) is 16.1 Å². The quantitative estimate of drug-likeness (QED) is 0.771. The Balaban J connectivity index is 1.94. The first-order chi connectivity index (χ1) is 10.2. The lowest BCUT2D eigenvalue weighted by atomic mass is 10.3. The van der Waals surface area contributed by atoms with Crippen molar-refractivity contribution in [2.75, 3.05) is 57.6 Å². The van der Waals surface area contributed by atoms with E-state index in [0.717, 1.165) is 37.9 Å². The highest BCUT2D eigenvalue weighted by Gasteiger charge is 2.17. The first-order valence-electron chi connectivity index (χ1n) is 7.38. The molecule has 0 spiro atoms. The van der Waals surface area contributed by atoms with Gasteiger partial charge in [-0.2, -0.15) is 0 Å². The average molecular weight is 295 g/mol. The van der Waals surface area contributed by atoms with Crippen molar-refractivity contribution >= 4 is 11.6 Å². The van der Waals surface area contributed by atoms with Crippen molar-refractivity contribution in [2.24, 2.45) is 0 Å². The highest BCUT2D eigenvalue weighted by Crippen LogP contribution is 2.12. The zero-order chi connectivity index (χ0) is 15.1. The highest BCUT2D eigenvalue weighted by atomic mass is 16.5. The van der Waals surface area contributed by atoms with Crippen molar-refractivity contribution in [3.63, 3.8) is 0 Å². The first kappa shape index (κ1) is 15.9. The van der Waals surface area contributed by atoms with Crippen molar-refractivity contribution in [3.05, 3.63) is 11.9 Å². The molecule has 1 saturated heterocycles. The molecule has 7 heteroatoms. The number of hydrogen-bond acceptors (Lipinski definition) is 7. The Labute approximate surface area is 126 Å². The van der Waals surface area contributed by atoms with Crippen LogP contribution in [0.2, 0.25) is 0 Å². The van der Waals surface area contributed by atoms with Gasteiger partial charge in [-0.25, -0.2) is 9.97 Å². The van der Waals surface area contributed by atoms with E-state index in [4.69, 9.17) is 9.47 Å². The van der Waals surface area contributed by atoms with Gasteiger partial charge < -0.3 is 25.0 Å². The molecule has 1 aliphatic rings. The molecule has 0 saturated carbocycles. The Hall–Kier alpha value is -1.44. The van der Waals surface area contributed by atoms with Crippen LogP contribution in [0.5, 0.6) is 0 Å². The zero-order valence-electron chi connectivity index (χ0n) is 13.1. The lowest BCUT2D eigenvalue weighted by Crippen LogP contribution is -2.43. The molecule has 2 N–H and O–H groups in total. The van der Waals surface area contributed by atoms with Crippen LogP contribution in [0.1, 0.15) is 12.7 Å². The molecule has 1 aromatic heterocycles. The Morgan fingerprint density at radius 3 is 2.95 bits per heavy atom. The summed E-state index contributed by atoms with van der Waals surface area (Å²) >= 11 is 0. The van der Waals surface area contributed by atoms with Crippen LogP contribution in [0, 0.1) is 0 Å². The lowest BCUT2D eigenvalue weighted by Gasteiger charge is -2.30. The summed E-state index contributed by atoms with van der Waals surface area (Å²) in [6, 6.07) is 1.89. The second-order valence-corrected chi connectivity index (χ2v) is 5.08. The summed E-state index contributed by atoms with van der Waals surface area (Å²) in [5.41, 5.74) is 0. The van der Waals surface area contributed by atoms with E-state index in [1.165, 1.54) is 0 Å². The fourth-order valence-electron chi connectivity index (χ4n) is 2.18. The number of hydrogen-bond donors (Lipinski definition) is 2. The molecular formula is C14H25N5O2. The van der Waals surface area contributed by atoms with Gasteiger partial charge in [0.25, 0.3) is 0 Å². The fraction of sp³-hybridized carbons (Fsp3) is 0.714. The molecule has 1 atom stereocenters. The molecule has 7 nitrogen and oxygen atoms in total. The minimum Gasteiger partial charge on any atom is -0.374 e. The number of anilines is 2. The third-order valence-electron chi connectivity index (χ3n) is 3.32. The van der Waals surface area contributed by atoms with E-state index in [9.17, 15) is 0 Å². The van der Waals surface area contributed by atoms with Crippen LogP contribution >= 0.6 is 0 Å². The van der Waals surface area contributed by atoms with Gasteiger partial charge in [0.1, 0.15) is 18.2 Å². The van der Waals surface area contributed by atoms with E-state index in [-0.39, 0.29) is 6.10 Å². The molecule has 21 heavy (non-hydrogen) atoms. The molecule has 0 bridgehead atoms. The first-order valence-corrected chi connectivity index (χ1v) is 7.38. The summed E-state index contributed by atoms with van der Waals surface area (Å²) in [5.74, 6) is 2.25. The lowest BCUT2D eigenvalue weighted by molar-refractivity contribution is -0.0117. The van der Waals surface area contributed by atoms with E-state index in [1.54, 1.807) is 0 Å². The predicted molar refractivity (Wildman–Crippen MR) is 82.6 cm³/mol. The third-order valence-corrected chi connectivity index (χ3v) is 3.32.